The van der Waals surface area contributed by atoms with E-state index in [0.29, 0.717) is 18.2 Å². The van der Waals surface area contributed by atoms with Gasteiger partial charge in [0.05, 0.1) is 7.11 Å². The number of nitrogens with two attached hydrogens (primary N) is 1. The van der Waals surface area contributed by atoms with Gasteiger partial charge in [-0.25, -0.2) is 4.98 Å². The Labute approximate surface area is 108 Å². The summed E-state index contributed by atoms with van der Waals surface area (Å²) >= 11 is 0. The molecule has 1 fully saturated rings. The van der Waals surface area contributed by atoms with Crippen LogP contribution in [0.1, 0.15) is 44.2 Å². The maximum atomic E-state index is 5.96. The molecule has 4 heteroatoms. The Hall–Kier alpha value is -1.29. The quantitative estimate of drug-likeness (QED) is 0.872. The molecule has 1 unspecified atom stereocenters. The molecule has 100 valence electrons. The van der Waals surface area contributed by atoms with Gasteiger partial charge in [-0.15, -0.1) is 0 Å². The van der Waals surface area contributed by atoms with Gasteiger partial charge in [-0.2, -0.15) is 0 Å². The lowest BCUT2D eigenvalue weighted by molar-refractivity contribution is 0.191. The van der Waals surface area contributed by atoms with Gasteiger partial charge >= 0.3 is 0 Å². The topological polar surface area (TPSA) is 57.4 Å². The third-order valence-corrected chi connectivity index (χ3v) is 3.51. The van der Waals surface area contributed by atoms with Crippen molar-refractivity contribution in [2.45, 2.75) is 44.6 Å². The van der Waals surface area contributed by atoms with Crippen molar-refractivity contribution in [3.05, 3.63) is 17.8 Å². The van der Waals surface area contributed by atoms with Gasteiger partial charge in [0.25, 0.3) is 5.88 Å². The number of aromatic nitrogens is 1. The third kappa shape index (κ3) is 2.93. The van der Waals surface area contributed by atoms with E-state index >= 15 is 0 Å². The van der Waals surface area contributed by atoms with Crippen molar-refractivity contribution in [1.29, 1.82) is 0 Å². The minimum absolute atomic E-state index is 0.238. The van der Waals surface area contributed by atoms with E-state index in [2.05, 4.69) is 11.9 Å². The van der Waals surface area contributed by atoms with E-state index in [4.69, 9.17) is 15.2 Å². The van der Waals surface area contributed by atoms with Crippen LogP contribution in [0.15, 0.2) is 12.1 Å². The Kier molecular flexibility index (Phi) is 4.42. The predicted octanol–water partition coefficient (Wildman–Crippen LogP) is 2.47. The van der Waals surface area contributed by atoms with Crippen LogP contribution >= 0.6 is 0 Å². The fourth-order valence-electron chi connectivity index (χ4n) is 2.24. The molecule has 1 aliphatic rings. The molecule has 1 aromatic heterocycles. The molecule has 2 rings (SSSR count). The first-order chi connectivity index (χ1) is 8.74. The highest BCUT2D eigenvalue weighted by atomic mass is 16.5. The molecule has 0 aliphatic heterocycles. The van der Waals surface area contributed by atoms with Crippen molar-refractivity contribution in [3.8, 4) is 11.6 Å². The summed E-state index contributed by atoms with van der Waals surface area (Å²) in [5, 5.41) is 0. The van der Waals surface area contributed by atoms with Gasteiger partial charge in [-0.3, -0.25) is 0 Å². The summed E-state index contributed by atoms with van der Waals surface area (Å²) in [5.41, 5.74) is 6.64. The number of methoxy groups -OCH3 is 1. The Bertz CT molecular complexity index is 389. The molecule has 1 aliphatic carbocycles. The van der Waals surface area contributed by atoms with Crippen molar-refractivity contribution in [3.63, 3.8) is 0 Å². The van der Waals surface area contributed by atoms with Crippen molar-refractivity contribution < 1.29 is 9.47 Å². The van der Waals surface area contributed by atoms with E-state index in [1.165, 1.54) is 12.8 Å². The van der Waals surface area contributed by atoms with Crippen LogP contribution in [0.3, 0.4) is 0 Å². The smallest absolute Gasteiger partial charge is 0.257 e. The molecule has 0 spiro atoms. The molecule has 4 nitrogen and oxygen atoms in total. The first kappa shape index (κ1) is 13.1. The lowest BCUT2D eigenvalue weighted by Crippen LogP contribution is -2.15. The molecule has 0 radical (unpaired) electrons. The van der Waals surface area contributed by atoms with Crippen LogP contribution in [0, 0.1) is 0 Å². The number of pyridine rings is 1. The zero-order valence-corrected chi connectivity index (χ0v) is 11.2. The van der Waals surface area contributed by atoms with Crippen molar-refractivity contribution in [1.82, 2.24) is 4.98 Å². The molecule has 18 heavy (non-hydrogen) atoms. The second-order valence-corrected chi connectivity index (χ2v) is 4.90. The fraction of sp³-hybridized carbons (Fsp3) is 0.643. The summed E-state index contributed by atoms with van der Waals surface area (Å²) in [7, 11) is 1.64. The first-order valence-corrected chi connectivity index (χ1v) is 6.66. The summed E-state index contributed by atoms with van der Waals surface area (Å²) in [4.78, 5) is 4.55. The Morgan fingerprint density at radius 2 is 2.11 bits per heavy atom. The third-order valence-electron chi connectivity index (χ3n) is 3.51. The van der Waals surface area contributed by atoms with Crippen LogP contribution in [-0.2, 0) is 0 Å². The largest absolute Gasteiger partial charge is 0.491 e. The molecule has 1 aromatic rings. The van der Waals surface area contributed by atoms with Gasteiger partial charge in [0.1, 0.15) is 6.10 Å². The molecule has 1 saturated carbocycles. The predicted molar refractivity (Wildman–Crippen MR) is 71.1 cm³/mol. The van der Waals surface area contributed by atoms with E-state index in [1.54, 1.807) is 7.11 Å². The lowest BCUT2D eigenvalue weighted by atomic mass is 10.1. The molecule has 1 heterocycles. The summed E-state index contributed by atoms with van der Waals surface area (Å²) in [6.45, 7) is 2.65. The average Bonchev–Trinajstić information content (AvgIpc) is 2.90. The molecule has 2 N–H and O–H groups in total. The molecular formula is C14H22N2O2. The highest BCUT2D eigenvalue weighted by Crippen LogP contribution is 2.31. The number of nitrogens with zero attached hydrogens (tertiary/aromatic N) is 1. The number of hydrogen-bond acceptors (Lipinski definition) is 4. The van der Waals surface area contributed by atoms with Gasteiger partial charge in [0.15, 0.2) is 5.75 Å². The molecule has 0 saturated heterocycles. The maximum absolute atomic E-state index is 5.96. The van der Waals surface area contributed by atoms with Crippen LogP contribution in [0.4, 0.5) is 0 Å². The minimum atomic E-state index is 0.238. The average molecular weight is 250 g/mol. The minimum Gasteiger partial charge on any atom is -0.491 e. The summed E-state index contributed by atoms with van der Waals surface area (Å²) in [6.07, 6.45) is 5.00. The van der Waals surface area contributed by atoms with E-state index in [0.717, 1.165) is 18.5 Å². The van der Waals surface area contributed by atoms with Crippen molar-refractivity contribution >= 4 is 0 Å². The monoisotopic (exact) mass is 250 g/mol. The van der Waals surface area contributed by atoms with Gasteiger partial charge in [-0.05, 0) is 37.8 Å². The van der Waals surface area contributed by atoms with E-state index in [9.17, 15) is 0 Å². The summed E-state index contributed by atoms with van der Waals surface area (Å²) in [5.74, 6) is 1.55. The Morgan fingerprint density at radius 3 is 2.72 bits per heavy atom. The number of hydrogen-bond donors (Lipinski definition) is 1. The van der Waals surface area contributed by atoms with Crippen molar-refractivity contribution in [2.24, 2.45) is 5.73 Å². The molecule has 0 bridgehead atoms. The number of rotatable bonds is 5. The number of ether oxygens (including phenoxy) is 2. The summed E-state index contributed by atoms with van der Waals surface area (Å²) in [6, 6.07) is 3.87. The highest BCUT2D eigenvalue weighted by molar-refractivity contribution is 5.35. The van der Waals surface area contributed by atoms with Gasteiger partial charge in [0.2, 0.25) is 0 Å². The second-order valence-electron chi connectivity index (χ2n) is 4.90. The van der Waals surface area contributed by atoms with Crippen LogP contribution in [-0.4, -0.2) is 24.7 Å². The standard InChI is InChI=1S/C14H22N2O2/c1-10(9-15)12-7-8-13(17-2)14(16-12)18-11-5-3-4-6-11/h7-8,10-11H,3-6,9,15H2,1-2H3. The molecular weight excluding hydrogens is 228 g/mol. The van der Waals surface area contributed by atoms with Gasteiger partial charge in [-0.1, -0.05) is 6.92 Å². The van der Waals surface area contributed by atoms with Crippen molar-refractivity contribution in [2.75, 3.05) is 13.7 Å². The van der Waals surface area contributed by atoms with Crippen LogP contribution in [0.5, 0.6) is 11.6 Å². The van der Waals surface area contributed by atoms with Crippen LogP contribution < -0.4 is 15.2 Å². The zero-order valence-electron chi connectivity index (χ0n) is 11.2. The van der Waals surface area contributed by atoms with E-state index in [1.807, 2.05) is 12.1 Å². The van der Waals surface area contributed by atoms with Gasteiger partial charge in [0, 0.05) is 18.2 Å². The zero-order chi connectivity index (χ0) is 13.0. The fourth-order valence-corrected chi connectivity index (χ4v) is 2.24. The summed E-state index contributed by atoms with van der Waals surface area (Å²) < 4.78 is 11.3. The molecule has 1 atom stereocenters. The lowest BCUT2D eigenvalue weighted by Gasteiger charge is -2.17. The van der Waals surface area contributed by atoms with Crippen LogP contribution in [0.25, 0.3) is 0 Å². The Balaban J connectivity index is 2.18. The van der Waals surface area contributed by atoms with Gasteiger partial charge < -0.3 is 15.2 Å². The Morgan fingerprint density at radius 1 is 1.39 bits per heavy atom. The van der Waals surface area contributed by atoms with E-state index < -0.39 is 0 Å². The highest BCUT2D eigenvalue weighted by Gasteiger charge is 2.20. The SMILES string of the molecule is COc1ccc(C(C)CN)nc1OC1CCCC1. The first-order valence-electron chi connectivity index (χ1n) is 6.66. The second kappa shape index (κ2) is 6.05. The maximum Gasteiger partial charge on any atom is 0.257 e. The molecule has 0 amide bonds. The van der Waals surface area contributed by atoms with Crippen LogP contribution in [0.2, 0.25) is 0 Å². The van der Waals surface area contributed by atoms with E-state index in [-0.39, 0.29) is 12.0 Å². The molecule has 0 aromatic carbocycles. The normalized spacial score (nSPS) is 17.7.